The second-order valence-electron chi connectivity index (χ2n) is 5.17. The molecule has 0 aliphatic carbocycles. The number of ether oxygens (including phenoxy) is 2. The first-order valence-corrected chi connectivity index (χ1v) is 9.40. The molecular weight excluding hydrogens is 376 g/mol. The average Bonchev–Trinajstić information content (AvgIpc) is 2.64. The first-order valence-electron chi connectivity index (χ1n) is 7.54. The zero-order chi connectivity index (χ0) is 18.6. The van der Waals surface area contributed by atoms with Crippen LogP contribution in [-0.4, -0.2) is 20.5 Å². The summed E-state index contributed by atoms with van der Waals surface area (Å²) in [6.45, 7) is 0. The zero-order valence-electron chi connectivity index (χ0n) is 13.7. The maximum absolute atomic E-state index is 12.6. The lowest BCUT2D eigenvalue weighted by molar-refractivity contribution is 0.412. The van der Waals surface area contributed by atoms with E-state index in [-0.39, 0.29) is 21.5 Å². The number of benzene rings is 2. The van der Waals surface area contributed by atoms with E-state index in [0.29, 0.717) is 11.5 Å². The lowest BCUT2D eigenvalue weighted by Crippen LogP contribution is -2.14. The molecule has 0 radical (unpaired) electrons. The zero-order valence-corrected chi connectivity index (χ0v) is 15.3. The molecule has 0 atom stereocenters. The van der Waals surface area contributed by atoms with Crippen LogP contribution in [-0.2, 0) is 10.0 Å². The molecule has 0 fully saturated rings. The van der Waals surface area contributed by atoms with Gasteiger partial charge in [0.15, 0.2) is 0 Å². The number of aromatic nitrogens is 1. The van der Waals surface area contributed by atoms with Crippen molar-refractivity contribution in [2.75, 3.05) is 11.8 Å². The highest BCUT2D eigenvalue weighted by molar-refractivity contribution is 7.92. The Labute approximate surface area is 156 Å². The van der Waals surface area contributed by atoms with E-state index >= 15 is 0 Å². The summed E-state index contributed by atoms with van der Waals surface area (Å²) in [4.78, 5) is 4.08. The normalized spacial score (nSPS) is 11.0. The minimum absolute atomic E-state index is 0.0269. The van der Waals surface area contributed by atoms with Crippen LogP contribution in [0.5, 0.6) is 17.4 Å². The van der Waals surface area contributed by atoms with E-state index in [1.807, 2.05) is 0 Å². The molecule has 0 saturated carbocycles. The van der Waals surface area contributed by atoms with Gasteiger partial charge in [-0.25, -0.2) is 13.4 Å². The summed E-state index contributed by atoms with van der Waals surface area (Å²) in [7, 11) is -2.33. The molecule has 0 bridgehead atoms. The third kappa shape index (κ3) is 4.07. The van der Waals surface area contributed by atoms with Crippen LogP contribution in [0.3, 0.4) is 0 Å². The van der Waals surface area contributed by atoms with Gasteiger partial charge in [-0.3, -0.25) is 4.72 Å². The van der Waals surface area contributed by atoms with Gasteiger partial charge in [0.1, 0.15) is 22.1 Å². The molecule has 6 nitrogen and oxygen atoms in total. The molecule has 2 aromatic carbocycles. The molecule has 1 heterocycles. The van der Waals surface area contributed by atoms with Gasteiger partial charge in [-0.1, -0.05) is 23.7 Å². The lowest BCUT2D eigenvalue weighted by Gasteiger charge is -2.13. The summed E-state index contributed by atoms with van der Waals surface area (Å²) in [5.74, 6) is 1.29. The second kappa shape index (κ2) is 7.63. The fourth-order valence-corrected chi connectivity index (χ4v) is 3.75. The minimum atomic E-state index is -3.89. The van der Waals surface area contributed by atoms with Crippen molar-refractivity contribution in [2.45, 2.75) is 4.90 Å². The third-order valence-corrected chi connectivity index (χ3v) is 5.28. The van der Waals surface area contributed by atoms with E-state index < -0.39 is 10.0 Å². The summed E-state index contributed by atoms with van der Waals surface area (Å²) >= 11 is 6.00. The molecule has 0 unspecified atom stereocenters. The van der Waals surface area contributed by atoms with Gasteiger partial charge >= 0.3 is 0 Å². The molecule has 1 N–H and O–H groups in total. The Morgan fingerprint density at radius 1 is 0.962 bits per heavy atom. The monoisotopic (exact) mass is 390 g/mol. The fourth-order valence-electron chi connectivity index (χ4n) is 2.17. The summed E-state index contributed by atoms with van der Waals surface area (Å²) < 4.78 is 38.5. The average molecular weight is 391 g/mol. The smallest absolute Gasteiger partial charge is 0.263 e. The third-order valence-electron chi connectivity index (χ3n) is 3.42. The van der Waals surface area contributed by atoms with Crippen LogP contribution in [0.15, 0.2) is 71.8 Å². The molecule has 134 valence electrons. The molecule has 1 aromatic heterocycles. The Hall–Kier alpha value is -2.77. The van der Waals surface area contributed by atoms with Crippen LogP contribution in [0.4, 0.5) is 5.69 Å². The van der Waals surface area contributed by atoms with Crippen LogP contribution in [0.25, 0.3) is 0 Å². The van der Waals surface area contributed by atoms with Crippen LogP contribution in [0.1, 0.15) is 0 Å². The van der Waals surface area contributed by atoms with Crippen LogP contribution < -0.4 is 14.2 Å². The predicted octanol–water partition coefficient (Wildman–Crippen LogP) is 4.34. The summed E-state index contributed by atoms with van der Waals surface area (Å²) in [5.41, 5.74) is 0.197. The van der Waals surface area contributed by atoms with Crippen molar-refractivity contribution in [2.24, 2.45) is 0 Å². The molecule has 0 amide bonds. The SMILES string of the molecule is COc1ccc(Oc2ncccc2NS(=O)(=O)c2ccccc2Cl)cc1. The highest BCUT2D eigenvalue weighted by atomic mass is 35.5. The highest BCUT2D eigenvalue weighted by Crippen LogP contribution is 2.31. The van der Waals surface area contributed by atoms with Crippen LogP contribution in [0.2, 0.25) is 5.02 Å². The fraction of sp³-hybridized carbons (Fsp3) is 0.0556. The standard InChI is InChI=1S/C18H15ClN2O4S/c1-24-13-8-10-14(11-9-13)25-18-16(6-4-12-20-18)21-26(22,23)17-7-3-2-5-15(17)19/h2-12,21H,1H3. The van der Waals surface area contributed by atoms with Crippen molar-refractivity contribution in [1.29, 1.82) is 0 Å². The number of methoxy groups -OCH3 is 1. The van der Waals surface area contributed by atoms with E-state index in [2.05, 4.69) is 9.71 Å². The Bertz CT molecular complexity index is 1010. The number of hydrogen-bond acceptors (Lipinski definition) is 5. The number of rotatable bonds is 6. The van der Waals surface area contributed by atoms with Gasteiger partial charge in [-0.2, -0.15) is 0 Å². The number of sulfonamides is 1. The number of hydrogen-bond donors (Lipinski definition) is 1. The van der Waals surface area contributed by atoms with Crippen molar-refractivity contribution < 1.29 is 17.9 Å². The first-order chi connectivity index (χ1) is 12.5. The van der Waals surface area contributed by atoms with Gasteiger partial charge in [0.05, 0.1) is 12.1 Å². The predicted molar refractivity (Wildman–Crippen MR) is 99.6 cm³/mol. The highest BCUT2D eigenvalue weighted by Gasteiger charge is 2.20. The molecule has 0 aliphatic rings. The molecule has 26 heavy (non-hydrogen) atoms. The Balaban J connectivity index is 1.88. The second-order valence-corrected chi connectivity index (χ2v) is 7.23. The van der Waals surface area contributed by atoms with Crippen molar-refractivity contribution in [3.8, 4) is 17.4 Å². The Morgan fingerprint density at radius 3 is 2.35 bits per heavy atom. The van der Waals surface area contributed by atoms with Gasteiger partial charge < -0.3 is 9.47 Å². The molecule has 8 heteroatoms. The molecule has 0 saturated heterocycles. The Morgan fingerprint density at radius 2 is 1.65 bits per heavy atom. The van der Waals surface area contributed by atoms with E-state index in [1.54, 1.807) is 55.6 Å². The van der Waals surface area contributed by atoms with Crippen LogP contribution >= 0.6 is 11.6 Å². The number of nitrogens with zero attached hydrogens (tertiary/aromatic N) is 1. The van der Waals surface area contributed by atoms with Crippen molar-refractivity contribution >= 4 is 27.3 Å². The van der Waals surface area contributed by atoms with E-state index in [4.69, 9.17) is 21.1 Å². The number of pyridine rings is 1. The van der Waals surface area contributed by atoms with E-state index in [1.165, 1.54) is 18.3 Å². The van der Waals surface area contributed by atoms with Gasteiger partial charge in [0.2, 0.25) is 5.88 Å². The van der Waals surface area contributed by atoms with Gasteiger partial charge in [0.25, 0.3) is 10.0 Å². The lowest BCUT2D eigenvalue weighted by atomic mass is 10.3. The quantitative estimate of drug-likeness (QED) is 0.677. The largest absolute Gasteiger partial charge is 0.497 e. The Kier molecular flexibility index (Phi) is 5.29. The number of halogens is 1. The van der Waals surface area contributed by atoms with Gasteiger partial charge in [-0.05, 0) is 48.5 Å². The molecule has 3 rings (SSSR count). The summed E-state index contributed by atoms with van der Waals surface area (Å²) in [6.07, 6.45) is 1.51. The maximum Gasteiger partial charge on any atom is 0.263 e. The van der Waals surface area contributed by atoms with E-state index in [0.717, 1.165) is 0 Å². The molecular formula is C18H15ClN2O4S. The van der Waals surface area contributed by atoms with Crippen molar-refractivity contribution in [3.63, 3.8) is 0 Å². The first kappa shape index (κ1) is 18.0. The number of nitrogens with one attached hydrogen (secondary N) is 1. The molecule has 3 aromatic rings. The summed E-state index contributed by atoms with van der Waals surface area (Å²) in [6, 6.07) is 16.2. The topological polar surface area (TPSA) is 77.5 Å². The van der Waals surface area contributed by atoms with Crippen molar-refractivity contribution in [1.82, 2.24) is 4.98 Å². The maximum atomic E-state index is 12.6. The molecule has 0 spiro atoms. The molecule has 0 aliphatic heterocycles. The van der Waals surface area contributed by atoms with Crippen molar-refractivity contribution in [3.05, 3.63) is 71.9 Å². The van der Waals surface area contributed by atoms with E-state index in [9.17, 15) is 8.42 Å². The number of anilines is 1. The minimum Gasteiger partial charge on any atom is -0.497 e. The van der Waals surface area contributed by atoms with Crippen LogP contribution in [0, 0.1) is 0 Å². The van der Waals surface area contributed by atoms with Gasteiger partial charge in [-0.15, -0.1) is 0 Å². The summed E-state index contributed by atoms with van der Waals surface area (Å²) in [5, 5.41) is 0.126. The van der Waals surface area contributed by atoms with Gasteiger partial charge in [0, 0.05) is 6.20 Å².